The molecule has 2 heterocycles. The minimum atomic E-state index is -0.440. The van der Waals surface area contributed by atoms with E-state index >= 15 is 0 Å². The van der Waals surface area contributed by atoms with Crippen LogP contribution in [0.5, 0.6) is 0 Å². The fraction of sp³-hybridized carbons (Fsp3) is 0.292. The smallest absolute Gasteiger partial charge is 0.279 e. The first kappa shape index (κ1) is 23.5. The average Bonchev–Trinajstić information content (AvgIpc) is 3.32. The van der Waals surface area contributed by atoms with Crippen molar-refractivity contribution in [1.82, 2.24) is 4.57 Å². The van der Waals surface area contributed by atoms with Gasteiger partial charge in [-0.3, -0.25) is 24.1 Å². The summed E-state index contributed by atoms with van der Waals surface area (Å²) in [6.07, 6.45) is 0.401. The Balaban J connectivity index is 1.67. The molecule has 34 heavy (non-hydrogen) atoms. The Morgan fingerprint density at radius 1 is 1.09 bits per heavy atom. The molecule has 1 aromatic heterocycles. The summed E-state index contributed by atoms with van der Waals surface area (Å²) >= 11 is 1.34. The number of ether oxygens (including phenoxy) is 1. The minimum Gasteiger partial charge on any atom is -0.380 e. The number of aromatic nitrogens is 1. The van der Waals surface area contributed by atoms with Crippen LogP contribution in [0.3, 0.4) is 0 Å². The van der Waals surface area contributed by atoms with Crippen LogP contribution in [-0.4, -0.2) is 41.4 Å². The summed E-state index contributed by atoms with van der Waals surface area (Å²) in [4.78, 5) is 54.2. The van der Waals surface area contributed by atoms with Crippen molar-refractivity contribution in [3.8, 4) is 0 Å². The molecule has 1 aliphatic rings. The Morgan fingerprint density at radius 3 is 2.44 bits per heavy atom. The van der Waals surface area contributed by atoms with Crippen molar-refractivity contribution in [3.05, 3.63) is 52.8 Å². The van der Waals surface area contributed by atoms with Crippen LogP contribution < -0.4 is 15.0 Å². The van der Waals surface area contributed by atoms with Crippen molar-refractivity contribution in [3.63, 3.8) is 0 Å². The maximum Gasteiger partial charge on any atom is 0.279 e. The molecule has 3 aromatic rings. The van der Waals surface area contributed by atoms with Crippen molar-refractivity contribution in [2.45, 2.75) is 33.2 Å². The molecule has 0 spiro atoms. The minimum absolute atomic E-state index is 0.166. The number of fused-ring (bicyclic) bond motifs is 1. The maximum atomic E-state index is 12.9. The largest absolute Gasteiger partial charge is 0.380 e. The Hall–Kier alpha value is -3.63. The van der Waals surface area contributed by atoms with E-state index in [1.165, 1.54) is 18.3 Å². The van der Waals surface area contributed by atoms with Crippen molar-refractivity contribution in [1.29, 1.82) is 0 Å². The van der Waals surface area contributed by atoms with E-state index < -0.39 is 5.91 Å². The van der Waals surface area contributed by atoms with Gasteiger partial charge in [-0.15, -0.1) is 0 Å². The molecule has 1 saturated heterocycles. The molecule has 0 radical (unpaired) electrons. The van der Waals surface area contributed by atoms with Crippen LogP contribution in [-0.2, 0) is 25.7 Å². The van der Waals surface area contributed by atoms with E-state index in [0.717, 1.165) is 15.1 Å². The summed E-state index contributed by atoms with van der Waals surface area (Å²) < 4.78 is 8.29. The normalized spacial score (nSPS) is 14.3. The van der Waals surface area contributed by atoms with Gasteiger partial charge in [0.25, 0.3) is 5.91 Å². The fourth-order valence-corrected chi connectivity index (χ4v) is 4.82. The van der Waals surface area contributed by atoms with Crippen LogP contribution in [0.15, 0.2) is 47.5 Å². The van der Waals surface area contributed by atoms with E-state index in [9.17, 15) is 19.2 Å². The fourth-order valence-electron chi connectivity index (χ4n) is 3.72. The lowest BCUT2D eigenvalue weighted by atomic mass is 10.2. The third-order valence-corrected chi connectivity index (χ3v) is 6.33. The molecule has 0 unspecified atom stereocenters. The Labute approximate surface area is 199 Å². The summed E-state index contributed by atoms with van der Waals surface area (Å²) in [6.45, 7) is 4.91. The van der Waals surface area contributed by atoms with Crippen LogP contribution in [0.2, 0.25) is 0 Å². The summed E-state index contributed by atoms with van der Waals surface area (Å²) in [5, 5.41) is 2.76. The molecule has 4 rings (SSSR count). The second kappa shape index (κ2) is 10.1. The first-order valence-corrected chi connectivity index (χ1v) is 11.7. The van der Waals surface area contributed by atoms with Gasteiger partial charge in [0.15, 0.2) is 4.80 Å². The number of nitrogens with one attached hydrogen (secondary N) is 1. The van der Waals surface area contributed by atoms with Crippen molar-refractivity contribution in [2.75, 3.05) is 23.4 Å². The number of rotatable bonds is 7. The van der Waals surface area contributed by atoms with Crippen LogP contribution in [0.1, 0.15) is 37.0 Å². The Morgan fingerprint density at radius 2 is 1.79 bits per heavy atom. The molecule has 176 valence electrons. The monoisotopic (exact) mass is 480 g/mol. The number of benzene rings is 2. The molecular formula is C24H24N4O5S. The van der Waals surface area contributed by atoms with Crippen molar-refractivity contribution < 1.29 is 23.9 Å². The van der Waals surface area contributed by atoms with Gasteiger partial charge in [-0.05, 0) is 49.4 Å². The molecular weight excluding hydrogens is 456 g/mol. The van der Waals surface area contributed by atoms with Gasteiger partial charge in [-0.1, -0.05) is 11.3 Å². The van der Waals surface area contributed by atoms with E-state index in [4.69, 9.17) is 4.74 Å². The highest BCUT2D eigenvalue weighted by atomic mass is 32.1. The number of amides is 4. The molecule has 0 aliphatic carbocycles. The summed E-state index contributed by atoms with van der Waals surface area (Å²) in [5.41, 5.74) is 2.34. The first-order valence-electron chi connectivity index (χ1n) is 10.9. The average molecular weight is 481 g/mol. The molecule has 1 N–H and O–H groups in total. The first-order chi connectivity index (χ1) is 16.4. The molecule has 10 heteroatoms. The van der Waals surface area contributed by atoms with Gasteiger partial charge in [-0.2, -0.15) is 4.99 Å². The lowest BCUT2D eigenvalue weighted by molar-refractivity contribution is -0.121. The second-order valence-electron chi connectivity index (χ2n) is 7.68. The number of hydrogen-bond acceptors (Lipinski definition) is 6. The van der Waals surface area contributed by atoms with E-state index in [1.807, 2.05) is 23.6 Å². The van der Waals surface area contributed by atoms with Crippen molar-refractivity contribution >= 4 is 56.6 Å². The van der Waals surface area contributed by atoms with Gasteiger partial charge in [0.05, 0.1) is 22.5 Å². The Bertz CT molecular complexity index is 1320. The number of hydrogen-bond donors (Lipinski definition) is 1. The molecule has 0 bridgehead atoms. The third kappa shape index (κ3) is 4.97. The number of thiazole rings is 1. The maximum absolute atomic E-state index is 12.9. The Kier molecular flexibility index (Phi) is 6.99. The lowest BCUT2D eigenvalue weighted by Gasteiger charge is -2.13. The predicted molar refractivity (Wildman–Crippen MR) is 129 cm³/mol. The number of nitrogens with zero attached hydrogens (tertiary/aromatic N) is 3. The summed E-state index contributed by atoms with van der Waals surface area (Å²) in [6, 6.07) is 11.8. The molecule has 0 saturated carbocycles. The molecule has 1 aliphatic heterocycles. The van der Waals surface area contributed by atoms with Gasteiger partial charge in [0.2, 0.25) is 17.7 Å². The highest BCUT2D eigenvalue weighted by molar-refractivity contribution is 7.16. The zero-order chi connectivity index (χ0) is 24.2. The van der Waals surface area contributed by atoms with E-state index in [-0.39, 0.29) is 30.6 Å². The van der Waals surface area contributed by atoms with Crippen LogP contribution in [0.4, 0.5) is 11.4 Å². The standard InChI is InChI=1S/C24H24N4O5S/c1-3-33-13-12-27-19-9-6-17(25-15(2)29)14-20(19)34-24(27)26-23(32)16-4-7-18(8-5-16)28-21(30)10-11-22(28)31/h4-9,14H,3,10-13H2,1-2H3,(H,25,29). The highest BCUT2D eigenvalue weighted by Gasteiger charge is 2.30. The van der Waals surface area contributed by atoms with E-state index in [2.05, 4.69) is 10.3 Å². The summed E-state index contributed by atoms with van der Waals surface area (Å²) in [5.74, 6) is -1.09. The summed E-state index contributed by atoms with van der Waals surface area (Å²) in [7, 11) is 0. The molecule has 0 atom stereocenters. The number of carbonyl (C=O) groups is 4. The third-order valence-electron chi connectivity index (χ3n) is 5.29. The lowest BCUT2D eigenvalue weighted by Crippen LogP contribution is -2.28. The van der Waals surface area contributed by atoms with Gasteiger partial charge in [0, 0.05) is 44.2 Å². The predicted octanol–water partition coefficient (Wildman–Crippen LogP) is 3.09. The van der Waals surface area contributed by atoms with Crippen LogP contribution >= 0.6 is 11.3 Å². The van der Waals surface area contributed by atoms with Gasteiger partial charge in [-0.25, -0.2) is 0 Å². The molecule has 9 nitrogen and oxygen atoms in total. The number of carbonyl (C=O) groups excluding carboxylic acids is 4. The topological polar surface area (TPSA) is 110 Å². The number of anilines is 2. The van der Waals surface area contributed by atoms with Crippen molar-refractivity contribution in [2.24, 2.45) is 4.99 Å². The molecule has 2 aromatic carbocycles. The van der Waals surface area contributed by atoms with E-state index in [0.29, 0.717) is 41.5 Å². The van der Waals surface area contributed by atoms with Gasteiger partial charge in [0.1, 0.15) is 0 Å². The SMILES string of the molecule is CCOCCn1c(=NC(=O)c2ccc(N3C(=O)CCC3=O)cc2)sc2cc(NC(C)=O)ccc21. The second-order valence-corrected chi connectivity index (χ2v) is 8.69. The van der Waals surface area contributed by atoms with Gasteiger partial charge >= 0.3 is 0 Å². The van der Waals surface area contributed by atoms with Crippen LogP contribution in [0, 0.1) is 0 Å². The zero-order valence-electron chi connectivity index (χ0n) is 18.9. The van der Waals surface area contributed by atoms with E-state index in [1.54, 1.807) is 30.3 Å². The quantitative estimate of drug-likeness (QED) is 0.413. The van der Waals surface area contributed by atoms with Crippen LogP contribution in [0.25, 0.3) is 10.2 Å². The highest BCUT2D eigenvalue weighted by Crippen LogP contribution is 2.24. The zero-order valence-corrected chi connectivity index (χ0v) is 19.7. The number of imide groups is 1. The molecule has 1 fully saturated rings. The van der Waals surface area contributed by atoms with Gasteiger partial charge < -0.3 is 14.6 Å². The molecule has 4 amide bonds.